The van der Waals surface area contributed by atoms with Gasteiger partial charge in [0, 0.05) is 32.0 Å². The van der Waals surface area contributed by atoms with Gasteiger partial charge in [0.25, 0.3) is 0 Å². The minimum atomic E-state index is -0.483. The molecule has 1 heterocycles. The average Bonchev–Trinajstić information content (AvgIpc) is 2.51. The van der Waals surface area contributed by atoms with Crippen molar-refractivity contribution in [1.29, 1.82) is 0 Å². The van der Waals surface area contributed by atoms with E-state index in [1.807, 2.05) is 4.90 Å². The molecule has 4 saturated carbocycles. The number of nitrogens with one attached hydrogen (secondary N) is 1. The summed E-state index contributed by atoms with van der Waals surface area (Å²) in [6.45, 7) is 3.46. The lowest BCUT2D eigenvalue weighted by molar-refractivity contribution is -0.173. The molecule has 2 N–H and O–H groups in total. The second kappa shape index (κ2) is 6.26. The Morgan fingerprint density at radius 1 is 1.28 bits per heavy atom. The van der Waals surface area contributed by atoms with Crippen LogP contribution >= 0.6 is 0 Å². The number of nitrogens with zero attached hydrogens (tertiary/aromatic N) is 1. The summed E-state index contributed by atoms with van der Waals surface area (Å²) in [4.78, 5) is 26.2. The number of hydrogen-bond acceptors (Lipinski definition) is 3. The number of amides is 2. The molecule has 0 aromatic heterocycles. The largest absolute Gasteiger partial charge is 0.390 e. The van der Waals surface area contributed by atoms with Gasteiger partial charge in [-0.25, -0.2) is 0 Å². The highest BCUT2D eigenvalue weighted by atomic mass is 16.3. The minimum Gasteiger partial charge on any atom is -0.390 e. The zero-order valence-electron chi connectivity index (χ0n) is 15.4. The summed E-state index contributed by atoms with van der Waals surface area (Å²) in [5.41, 5.74) is -0.404. The number of rotatable bonds is 5. The maximum absolute atomic E-state index is 12.5. The smallest absolute Gasteiger partial charge is 0.222 e. The molecule has 3 atom stereocenters. The number of carbonyl (C=O) groups is 2. The van der Waals surface area contributed by atoms with E-state index in [9.17, 15) is 14.7 Å². The van der Waals surface area contributed by atoms with Gasteiger partial charge in [-0.05, 0) is 75.5 Å². The van der Waals surface area contributed by atoms with Crippen molar-refractivity contribution in [3.05, 3.63) is 0 Å². The first-order chi connectivity index (χ1) is 11.9. The molecule has 0 radical (unpaired) electrons. The molecule has 1 saturated heterocycles. The summed E-state index contributed by atoms with van der Waals surface area (Å²) in [6, 6.07) is 0.106. The number of hydrogen-bond donors (Lipinski definition) is 2. The highest BCUT2D eigenvalue weighted by molar-refractivity contribution is 5.79. The van der Waals surface area contributed by atoms with Crippen LogP contribution in [0.5, 0.6) is 0 Å². The van der Waals surface area contributed by atoms with E-state index in [2.05, 4.69) is 12.2 Å². The molecular formula is C20H32N2O3. The normalized spacial score (nSPS) is 41.0. The Kier molecular flexibility index (Phi) is 4.33. The highest BCUT2D eigenvalue weighted by Gasteiger charge is 2.58. The zero-order chi connectivity index (χ0) is 17.7. The molecule has 1 aliphatic heterocycles. The molecule has 5 rings (SSSR count). The Balaban J connectivity index is 1.33. The van der Waals surface area contributed by atoms with Crippen LogP contribution in [-0.2, 0) is 9.59 Å². The third kappa shape index (κ3) is 3.32. The van der Waals surface area contributed by atoms with Gasteiger partial charge in [-0.1, -0.05) is 0 Å². The standard InChI is InChI=1S/C20H32N2O3/c1-14(21-17(23)5-7-22-6-3-2-4-18(22)24)19-9-15-8-16(10-19)12-20(25,11-15)13-19/h14-16,25H,2-13H2,1H3,(H,21,23)/t14-,15+,16+,19?,20?/m0/s1. The topological polar surface area (TPSA) is 69.6 Å². The van der Waals surface area contributed by atoms with Crippen molar-refractivity contribution < 1.29 is 14.7 Å². The van der Waals surface area contributed by atoms with E-state index < -0.39 is 5.60 Å². The number of piperidine rings is 1. The Hall–Kier alpha value is -1.10. The van der Waals surface area contributed by atoms with E-state index >= 15 is 0 Å². The maximum atomic E-state index is 12.5. The van der Waals surface area contributed by atoms with Crippen molar-refractivity contribution in [3.8, 4) is 0 Å². The van der Waals surface area contributed by atoms with E-state index in [4.69, 9.17) is 0 Å². The van der Waals surface area contributed by atoms with Gasteiger partial charge in [0.05, 0.1) is 5.60 Å². The van der Waals surface area contributed by atoms with Crippen molar-refractivity contribution in [2.45, 2.75) is 82.8 Å². The van der Waals surface area contributed by atoms with E-state index in [1.54, 1.807) is 0 Å². The molecule has 25 heavy (non-hydrogen) atoms. The molecule has 4 aliphatic carbocycles. The van der Waals surface area contributed by atoms with Crippen molar-refractivity contribution in [3.63, 3.8) is 0 Å². The first-order valence-electron chi connectivity index (χ1n) is 10.2. The van der Waals surface area contributed by atoms with Gasteiger partial charge in [0.1, 0.15) is 0 Å². The molecule has 5 heteroatoms. The molecular weight excluding hydrogens is 316 g/mol. The number of likely N-dealkylation sites (tertiary alicyclic amines) is 1. The van der Waals surface area contributed by atoms with Crippen molar-refractivity contribution in [2.75, 3.05) is 13.1 Å². The van der Waals surface area contributed by atoms with E-state index in [-0.39, 0.29) is 23.3 Å². The van der Waals surface area contributed by atoms with Gasteiger partial charge >= 0.3 is 0 Å². The molecule has 5 nitrogen and oxygen atoms in total. The van der Waals surface area contributed by atoms with Crippen LogP contribution in [0.3, 0.4) is 0 Å². The van der Waals surface area contributed by atoms with Gasteiger partial charge < -0.3 is 15.3 Å². The second-order valence-electron chi connectivity index (χ2n) is 9.42. The van der Waals surface area contributed by atoms with Gasteiger partial charge in [0.15, 0.2) is 0 Å². The van der Waals surface area contributed by atoms with E-state index in [0.29, 0.717) is 31.2 Å². The fraction of sp³-hybridized carbons (Fsp3) is 0.900. The maximum Gasteiger partial charge on any atom is 0.222 e. The summed E-state index contributed by atoms with van der Waals surface area (Å²) in [5, 5.41) is 14.1. The Morgan fingerprint density at radius 3 is 2.64 bits per heavy atom. The third-order valence-corrected chi connectivity index (χ3v) is 7.40. The van der Waals surface area contributed by atoms with Gasteiger partial charge in [-0.3, -0.25) is 9.59 Å². The van der Waals surface area contributed by atoms with Crippen LogP contribution in [0, 0.1) is 17.3 Å². The first-order valence-corrected chi connectivity index (χ1v) is 10.2. The zero-order valence-corrected chi connectivity index (χ0v) is 15.4. The van der Waals surface area contributed by atoms with E-state index in [0.717, 1.165) is 51.5 Å². The van der Waals surface area contributed by atoms with Crippen LogP contribution < -0.4 is 5.32 Å². The van der Waals surface area contributed by atoms with Crippen LogP contribution in [0.2, 0.25) is 0 Å². The van der Waals surface area contributed by atoms with Crippen LogP contribution in [-0.4, -0.2) is 46.6 Å². The third-order valence-electron chi connectivity index (χ3n) is 7.40. The Morgan fingerprint density at radius 2 is 2.00 bits per heavy atom. The Bertz CT molecular complexity index is 547. The van der Waals surface area contributed by atoms with Crippen LogP contribution in [0.15, 0.2) is 0 Å². The lowest BCUT2D eigenvalue weighted by Crippen LogP contribution is -2.61. The van der Waals surface area contributed by atoms with Gasteiger partial charge in [-0.15, -0.1) is 0 Å². The van der Waals surface area contributed by atoms with Crippen LogP contribution in [0.1, 0.15) is 71.1 Å². The van der Waals surface area contributed by atoms with E-state index in [1.165, 1.54) is 6.42 Å². The summed E-state index contributed by atoms with van der Waals surface area (Å²) < 4.78 is 0. The molecule has 2 amide bonds. The van der Waals surface area contributed by atoms with Gasteiger partial charge in [-0.2, -0.15) is 0 Å². The SMILES string of the molecule is C[C@H](NC(=O)CCN1CCCCC1=O)C12C[C@H]3C[C@@H](CC(O)(C3)C1)C2. The summed E-state index contributed by atoms with van der Waals surface area (Å²) in [7, 11) is 0. The Labute approximate surface area is 150 Å². The van der Waals surface area contributed by atoms with Crippen LogP contribution in [0.25, 0.3) is 0 Å². The molecule has 5 fully saturated rings. The molecule has 0 aromatic rings. The lowest BCUT2D eigenvalue weighted by Gasteiger charge is -2.62. The summed E-state index contributed by atoms with van der Waals surface area (Å²) in [5.74, 6) is 1.51. The molecule has 140 valence electrons. The summed E-state index contributed by atoms with van der Waals surface area (Å²) >= 11 is 0. The van der Waals surface area contributed by atoms with Crippen molar-refractivity contribution in [1.82, 2.24) is 10.2 Å². The predicted octanol–water partition coefficient (Wildman–Crippen LogP) is 2.22. The fourth-order valence-corrected chi connectivity index (χ4v) is 6.59. The van der Waals surface area contributed by atoms with Crippen LogP contribution in [0.4, 0.5) is 0 Å². The molecule has 5 aliphatic rings. The second-order valence-corrected chi connectivity index (χ2v) is 9.42. The number of carbonyl (C=O) groups excluding carboxylic acids is 2. The van der Waals surface area contributed by atoms with Crippen molar-refractivity contribution >= 4 is 11.8 Å². The molecule has 0 spiro atoms. The quantitative estimate of drug-likeness (QED) is 0.800. The average molecular weight is 348 g/mol. The minimum absolute atomic E-state index is 0.0496. The predicted molar refractivity (Wildman–Crippen MR) is 94.7 cm³/mol. The number of aliphatic hydroxyl groups is 1. The monoisotopic (exact) mass is 348 g/mol. The molecule has 0 unspecified atom stereocenters. The molecule has 0 aromatic carbocycles. The highest BCUT2D eigenvalue weighted by Crippen LogP contribution is 2.62. The summed E-state index contributed by atoms with van der Waals surface area (Å²) in [6.07, 6.45) is 9.38. The fourth-order valence-electron chi connectivity index (χ4n) is 6.59. The van der Waals surface area contributed by atoms with Crippen molar-refractivity contribution in [2.24, 2.45) is 17.3 Å². The lowest BCUT2D eigenvalue weighted by atomic mass is 9.46. The van der Waals surface area contributed by atoms with Gasteiger partial charge in [0.2, 0.25) is 11.8 Å². The molecule has 4 bridgehead atoms. The first kappa shape index (κ1) is 17.3.